The monoisotopic (exact) mass is 345 g/mol. The molecule has 4 heterocycles. The SMILES string of the molecule is C[C@H]1CCN1c1nc2ccnn2c(N2C[C@@H]3[C@@H](CC(=O)O)[C@@H]3C2)c1F. The van der Waals surface area contributed by atoms with Crippen molar-refractivity contribution in [3.63, 3.8) is 0 Å². The number of fused-ring (bicyclic) bond motifs is 2. The lowest BCUT2D eigenvalue weighted by Gasteiger charge is -2.40. The molecule has 1 aliphatic carbocycles. The van der Waals surface area contributed by atoms with E-state index in [1.165, 1.54) is 0 Å². The fourth-order valence-corrected chi connectivity index (χ4v) is 4.52. The van der Waals surface area contributed by atoms with Gasteiger partial charge < -0.3 is 14.9 Å². The summed E-state index contributed by atoms with van der Waals surface area (Å²) in [5.74, 6) is 0.737. The van der Waals surface area contributed by atoms with Gasteiger partial charge >= 0.3 is 5.97 Å². The van der Waals surface area contributed by atoms with Crippen LogP contribution in [0.1, 0.15) is 19.8 Å². The number of aliphatic carboxylic acids is 1. The Hall–Kier alpha value is -2.38. The average molecular weight is 345 g/mol. The maximum atomic E-state index is 15.3. The van der Waals surface area contributed by atoms with Crippen LogP contribution < -0.4 is 9.80 Å². The first-order valence-electron chi connectivity index (χ1n) is 8.81. The second-order valence-electron chi connectivity index (χ2n) is 7.50. The van der Waals surface area contributed by atoms with Gasteiger partial charge in [-0.05, 0) is 31.1 Å². The molecule has 0 aromatic carbocycles. The van der Waals surface area contributed by atoms with Crippen LogP contribution in [0.5, 0.6) is 0 Å². The van der Waals surface area contributed by atoms with Crippen molar-refractivity contribution in [2.24, 2.45) is 17.8 Å². The minimum atomic E-state index is -0.746. The molecule has 2 saturated heterocycles. The number of hydrogen-bond acceptors (Lipinski definition) is 5. The van der Waals surface area contributed by atoms with Gasteiger partial charge in [0.2, 0.25) is 5.82 Å². The Kier molecular flexibility index (Phi) is 3.02. The zero-order chi connectivity index (χ0) is 17.3. The molecule has 8 heteroatoms. The molecule has 3 fully saturated rings. The quantitative estimate of drug-likeness (QED) is 0.908. The third-order valence-corrected chi connectivity index (χ3v) is 6.11. The lowest BCUT2D eigenvalue weighted by molar-refractivity contribution is -0.137. The van der Waals surface area contributed by atoms with E-state index in [2.05, 4.69) is 17.0 Å². The largest absolute Gasteiger partial charge is 0.481 e. The van der Waals surface area contributed by atoms with E-state index in [9.17, 15) is 4.79 Å². The van der Waals surface area contributed by atoms with Gasteiger partial charge in [0.15, 0.2) is 17.3 Å². The van der Waals surface area contributed by atoms with E-state index < -0.39 is 5.97 Å². The molecule has 2 aromatic heterocycles. The number of hydrogen-bond donors (Lipinski definition) is 1. The van der Waals surface area contributed by atoms with Crippen molar-refractivity contribution in [2.75, 3.05) is 29.4 Å². The van der Waals surface area contributed by atoms with Crippen molar-refractivity contribution in [1.29, 1.82) is 0 Å². The van der Waals surface area contributed by atoms with Crippen LogP contribution in [0.15, 0.2) is 12.3 Å². The first-order chi connectivity index (χ1) is 12.0. The molecule has 0 amide bonds. The standard InChI is InChI=1S/C17H20FN5O2/c1-9-3-5-22(9)16-15(18)17(23-13(20-16)2-4-19-23)21-7-11-10(6-14(24)25)12(11)8-21/h2,4,9-12H,3,5-8H2,1H3,(H,24,25)/t9-,10-,11-,12+/m0/s1. The molecule has 4 atom stereocenters. The highest BCUT2D eigenvalue weighted by molar-refractivity contribution is 5.68. The van der Waals surface area contributed by atoms with Crippen LogP contribution in [0.4, 0.5) is 16.0 Å². The number of nitrogens with zero attached hydrogens (tertiary/aromatic N) is 5. The van der Waals surface area contributed by atoms with Crippen molar-refractivity contribution in [3.8, 4) is 0 Å². The molecule has 0 bridgehead atoms. The third kappa shape index (κ3) is 2.12. The van der Waals surface area contributed by atoms with Gasteiger partial charge in [-0.15, -0.1) is 0 Å². The minimum Gasteiger partial charge on any atom is -0.481 e. The van der Waals surface area contributed by atoms with Gasteiger partial charge in [0, 0.05) is 38.2 Å². The first kappa shape index (κ1) is 14.9. The van der Waals surface area contributed by atoms with Gasteiger partial charge in [0.25, 0.3) is 0 Å². The van der Waals surface area contributed by atoms with Gasteiger partial charge in [-0.3, -0.25) is 4.79 Å². The molecular formula is C17H20FN5O2. The number of carboxylic acid groups (broad SMARTS) is 1. The summed E-state index contributed by atoms with van der Waals surface area (Å²) in [5.41, 5.74) is 0.646. The Morgan fingerprint density at radius 1 is 1.40 bits per heavy atom. The minimum absolute atomic E-state index is 0.218. The molecule has 0 radical (unpaired) electrons. The highest BCUT2D eigenvalue weighted by Crippen LogP contribution is 2.54. The predicted molar refractivity (Wildman–Crippen MR) is 89.3 cm³/mol. The van der Waals surface area contributed by atoms with Crippen molar-refractivity contribution < 1.29 is 14.3 Å². The molecule has 7 nitrogen and oxygen atoms in total. The van der Waals surface area contributed by atoms with Gasteiger partial charge in [-0.25, -0.2) is 4.98 Å². The fraction of sp³-hybridized carbons (Fsp3) is 0.588. The Labute approximate surface area is 144 Å². The predicted octanol–water partition coefficient (Wildman–Crippen LogP) is 1.62. The maximum absolute atomic E-state index is 15.3. The summed E-state index contributed by atoms with van der Waals surface area (Å²) in [4.78, 5) is 19.4. The zero-order valence-corrected chi connectivity index (χ0v) is 14.0. The van der Waals surface area contributed by atoms with Gasteiger partial charge in [0.05, 0.1) is 6.20 Å². The molecule has 1 N–H and O–H groups in total. The van der Waals surface area contributed by atoms with Crippen molar-refractivity contribution in [3.05, 3.63) is 18.1 Å². The Morgan fingerprint density at radius 3 is 2.76 bits per heavy atom. The molecule has 0 unspecified atom stereocenters. The number of anilines is 2. The van der Waals surface area contributed by atoms with Crippen molar-refractivity contribution >= 4 is 23.3 Å². The molecule has 1 saturated carbocycles. The maximum Gasteiger partial charge on any atom is 0.303 e. The van der Waals surface area contributed by atoms with Crippen LogP contribution in [-0.4, -0.2) is 51.4 Å². The van der Waals surface area contributed by atoms with Crippen LogP contribution in [0.2, 0.25) is 0 Å². The van der Waals surface area contributed by atoms with Crippen LogP contribution in [-0.2, 0) is 4.79 Å². The summed E-state index contributed by atoms with van der Waals surface area (Å²) >= 11 is 0. The van der Waals surface area contributed by atoms with Gasteiger partial charge in [-0.1, -0.05) is 0 Å². The van der Waals surface area contributed by atoms with Crippen LogP contribution >= 0.6 is 0 Å². The van der Waals surface area contributed by atoms with E-state index in [4.69, 9.17) is 5.11 Å². The lowest BCUT2D eigenvalue weighted by atomic mass is 10.1. The number of halogens is 1. The fourth-order valence-electron chi connectivity index (χ4n) is 4.52. The van der Waals surface area contributed by atoms with E-state index >= 15 is 4.39 Å². The molecule has 3 aliphatic rings. The van der Waals surface area contributed by atoms with E-state index in [1.54, 1.807) is 16.8 Å². The second-order valence-corrected chi connectivity index (χ2v) is 7.50. The van der Waals surface area contributed by atoms with Crippen LogP contribution in [0.3, 0.4) is 0 Å². The van der Waals surface area contributed by atoms with Crippen LogP contribution in [0.25, 0.3) is 5.65 Å². The number of carbonyl (C=O) groups is 1. The van der Waals surface area contributed by atoms with Crippen LogP contribution in [0, 0.1) is 23.6 Å². The Balaban J connectivity index is 1.48. The normalized spacial score (nSPS) is 30.5. The molecule has 2 aromatic rings. The topological polar surface area (TPSA) is 74.0 Å². The molecule has 2 aliphatic heterocycles. The van der Waals surface area contributed by atoms with Crippen molar-refractivity contribution in [1.82, 2.24) is 14.6 Å². The summed E-state index contributed by atoms with van der Waals surface area (Å²) in [6.45, 7) is 4.27. The molecule has 0 spiro atoms. The highest BCUT2D eigenvalue weighted by Gasteiger charge is 2.56. The van der Waals surface area contributed by atoms with Crippen molar-refractivity contribution in [2.45, 2.75) is 25.8 Å². The summed E-state index contributed by atoms with van der Waals surface area (Å²) in [5, 5.41) is 13.2. The van der Waals surface area contributed by atoms with E-state index in [-0.39, 0.29) is 18.2 Å². The highest BCUT2D eigenvalue weighted by atomic mass is 19.1. The summed E-state index contributed by atoms with van der Waals surface area (Å²) in [6.07, 6.45) is 2.90. The Morgan fingerprint density at radius 2 is 2.16 bits per heavy atom. The summed E-state index contributed by atoms with van der Waals surface area (Å²) in [6, 6.07) is 2.09. The smallest absolute Gasteiger partial charge is 0.303 e. The Bertz CT molecular complexity index is 856. The molecule has 5 rings (SSSR count). The van der Waals surface area contributed by atoms with Gasteiger partial charge in [0.1, 0.15) is 0 Å². The third-order valence-electron chi connectivity index (χ3n) is 6.11. The first-order valence-corrected chi connectivity index (χ1v) is 8.81. The van der Waals surface area contributed by atoms with Gasteiger partial charge in [-0.2, -0.15) is 14.0 Å². The average Bonchev–Trinajstić information content (AvgIpc) is 2.97. The zero-order valence-electron chi connectivity index (χ0n) is 14.0. The number of rotatable bonds is 4. The molecular weight excluding hydrogens is 325 g/mol. The second kappa shape index (κ2) is 5.06. The molecule has 25 heavy (non-hydrogen) atoms. The summed E-state index contributed by atoms with van der Waals surface area (Å²) in [7, 11) is 0. The van der Waals surface area contributed by atoms with E-state index in [0.29, 0.717) is 48.3 Å². The molecule has 132 valence electrons. The lowest BCUT2D eigenvalue weighted by Crippen LogP contribution is -2.47. The van der Waals surface area contributed by atoms with E-state index in [1.807, 2.05) is 9.80 Å². The number of aromatic nitrogens is 3. The number of piperidine rings is 1. The van der Waals surface area contributed by atoms with E-state index in [0.717, 1.165) is 13.0 Å². The summed E-state index contributed by atoms with van der Waals surface area (Å²) < 4.78 is 16.9. The number of carboxylic acids is 1.